The van der Waals surface area contributed by atoms with E-state index in [-0.39, 0.29) is 38.5 Å². The van der Waals surface area contributed by atoms with Crippen LogP contribution >= 0.6 is 0 Å². The van der Waals surface area contributed by atoms with Gasteiger partial charge in [-0.05, 0) is 48.6 Å². The van der Waals surface area contributed by atoms with Gasteiger partial charge in [-0.2, -0.15) is 0 Å². The van der Waals surface area contributed by atoms with Crippen molar-refractivity contribution in [1.29, 1.82) is 0 Å². The van der Waals surface area contributed by atoms with Gasteiger partial charge in [-0.3, -0.25) is 9.69 Å². The first-order chi connectivity index (χ1) is 19.7. The van der Waals surface area contributed by atoms with Crippen LogP contribution in [0.2, 0.25) is 0 Å². The molecule has 0 aliphatic heterocycles. The zero-order valence-corrected chi connectivity index (χ0v) is 23.9. The van der Waals surface area contributed by atoms with E-state index in [0.29, 0.717) is 0 Å². The Kier molecular flexibility index (Phi) is 9.61. The van der Waals surface area contributed by atoms with Crippen LogP contribution in [0.1, 0.15) is 49.8 Å². The number of hydrogen-bond donors (Lipinski definition) is 0. The molecule has 0 saturated heterocycles. The standard InChI is InChI=1S/C34H37NO6/c1-5-21-39-31(36)19-20-35(30(32(37)41-34(2,3)4)22-24-13-7-6-8-14-24)33(38)40-23-29-27-17-11-9-15-25(27)26-16-10-12-18-28(26)29/h5-18,29-30H,1,19-23H2,2-4H3/t30-/m0/s1. The van der Waals surface area contributed by atoms with E-state index in [9.17, 15) is 14.4 Å². The molecule has 7 nitrogen and oxygen atoms in total. The van der Waals surface area contributed by atoms with Crippen LogP contribution in [-0.2, 0) is 30.2 Å². The first kappa shape index (κ1) is 29.6. The summed E-state index contributed by atoms with van der Waals surface area (Å²) in [5.74, 6) is -1.24. The second kappa shape index (κ2) is 13.3. The molecule has 1 atom stereocenters. The maximum atomic E-state index is 13.8. The van der Waals surface area contributed by atoms with Crippen LogP contribution in [0.25, 0.3) is 11.1 Å². The summed E-state index contributed by atoms with van der Waals surface area (Å²) in [5.41, 5.74) is 4.45. The summed E-state index contributed by atoms with van der Waals surface area (Å²) < 4.78 is 16.8. The van der Waals surface area contributed by atoms with Crippen molar-refractivity contribution < 1.29 is 28.6 Å². The van der Waals surface area contributed by atoms with E-state index < -0.39 is 29.7 Å². The quantitative estimate of drug-likeness (QED) is 0.157. The van der Waals surface area contributed by atoms with Crippen molar-refractivity contribution in [3.63, 3.8) is 0 Å². The predicted molar refractivity (Wildman–Crippen MR) is 157 cm³/mol. The van der Waals surface area contributed by atoms with Crippen LogP contribution in [0.4, 0.5) is 4.79 Å². The van der Waals surface area contributed by atoms with Crippen molar-refractivity contribution in [2.45, 2.75) is 51.2 Å². The molecule has 0 heterocycles. The maximum Gasteiger partial charge on any atom is 0.410 e. The van der Waals surface area contributed by atoms with E-state index in [2.05, 4.69) is 18.7 Å². The summed E-state index contributed by atoms with van der Waals surface area (Å²) >= 11 is 0. The van der Waals surface area contributed by atoms with Crippen molar-refractivity contribution in [1.82, 2.24) is 4.90 Å². The monoisotopic (exact) mass is 555 g/mol. The SMILES string of the molecule is C=CCOC(=O)CCN(C(=O)OCC1c2ccccc2-c2ccccc21)[C@@H](Cc1ccccc1)C(=O)OC(C)(C)C. The average molecular weight is 556 g/mol. The highest BCUT2D eigenvalue weighted by molar-refractivity contribution is 5.83. The van der Waals surface area contributed by atoms with Crippen LogP contribution in [0.15, 0.2) is 91.5 Å². The Bertz CT molecular complexity index is 1330. The van der Waals surface area contributed by atoms with Crippen molar-refractivity contribution >= 4 is 18.0 Å². The van der Waals surface area contributed by atoms with E-state index in [0.717, 1.165) is 27.8 Å². The van der Waals surface area contributed by atoms with Gasteiger partial charge in [0.15, 0.2) is 0 Å². The number of carbonyl (C=O) groups is 3. The first-order valence-corrected chi connectivity index (χ1v) is 13.8. The van der Waals surface area contributed by atoms with E-state index in [1.807, 2.05) is 66.7 Å². The average Bonchev–Trinajstić information content (AvgIpc) is 3.27. The van der Waals surface area contributed by atoms with E-state index in [1.54, 1.807) is 20.8 Å². The molecule has 0 radical (unpaired) electrons. The molecule has 0 spiro atoms. The summed E-state index contributed by atoms with van der Waals surface area (Å²) in [5, 5.41) is 0. The van der Waals surface area contributed by atoms with E-state index in [4.69, 9.17) is 14.2 Å². The lowest BCUT2D eigenvalue weighted by Gasteiger charge is -2.32. The smallest absolute Gasteiger partial charge is 0.410 e. The van der Waals surface area contributed by atoms with Gasteiger partial charge in [0.05, 0.1) is 6.42 Å². The molecule has 1 aliphatic rings. The Morgan fingerprint density at radius 3 is 2.05 bits per heavy atom. The number of esters is 2. The van der Waals surface area contributed by atoms with Gasteiger partial charge in [-0.1, -0.05) is 91.5 Å². The number of hydrogen-bond acceptors (Lipinski definition) is 6. The van der Waals surface area contributed by atoms with Crippen molar-refractivity contribution in [2.75, 3.05) is 19.8 Å². The van der Waals surface area contributed by atoms with Gasteiger partial charge in [-0.15, -0.1) is 0 Å². The molecule has 3 aromatic carbocycles. The zero-order chi connectivity index (χ0) is 29.4. The zero-order valence-electron chi connectivity index (χ0n) is 23.9. The summed E-state index contributed by atoms with van der Waals surface area (Å²) in [6.45, 7) is 8.94. The van der Waals surface area contributed by atoms with Crippen LogP contribution in [0, 0.1) is 0 Å². The fourth-order valence-corrected chi connectivity index (χ4v) is 5.01. The molecule has 0 aromatic heterocycles. The number of fused-ring (bicyclic) bond motifs is 3. The largest absolute Gasteiger partial charge is 0.461 e. The third-order valence-corrected chi connectivity index (χ3v) is 6.82. The normalized spacial score (nSPS) is 13.0. The van der Waals surface area contributed by atoms with Gasteiger partial charge in [0.2, 0.25) is 0 Å². The van der Waals surface area contributed by atoms with Gasteiger partial charge in [0.1, 0.15) is 24.9 Å². The highest BCUT2D eigenvalue weighted by Crippen LogP contribution is 2.44. The lowest BCUT2D eigenvalue weighted by atomic mass is 9.98. The molecule has 0 bridgehead atoms. The predicted octanol–water partition coefficient (Wildman–Crippen LogP) is 6.31. The van der Waals surface area contributed by atoms with Gasteiger partial charge >= 0.3 is 18.0 Å². The van der Waals surface area contributed by atoms with E-state index in [1.165, 1.54) is 11.0 Å². The Balaban J connectivity index is 1.60. The van der Waals surface area contributed by atoms with Gasteiger partial charge < -0.3 is 14.2 Å². The summed E-state index contributed by atoms with van der Waals surface area (Å²) in [6, 6.07) is 24.5. The van der Waals surface area contributed by atoms with Gasteiger partial charge in [0, 0.05) is 18.9 Å². The van der Waals surface area contributed by atoms with Crippen LogP contribution in [-0.4, -0.2) is 54.3 Å². The summed E-state index contributed by atoms with van der Waals surface area (Å²) in [6.07, 6.45) is 0.851. The van der Waals surface area contributed by atoms with Crippen LogP contribution in [0.3, 0.4) is 0 Å². The minimum Gasteiger partial charge on any atom is -0.461 e. The molecular formula is C34H37NO6. The molecule has 41 heavy (non-hydrogen) atoms. The van der Waals surface area contributed by atoms with Crippen LogP contribution < -0.4 is 0 Å². The van der Waals surface area contributed by atoms with Crippen LogP contribution in [0.5, 0.6) is 0 Å². The number of amides is 1. The van der Waals surface area contributed by atoms with Gasteiger partial charge in [0.25, 0.3) is 0 Å². The highest BCUT2D eigenvalue weighted by atomic mass is 16.6. The Hall–Kier alpha value is -4.39. The molecule has 4 rings (SSSR count). The molecule has 1 amide bonds. The molecule has 1 aliphatic carbocycles. The number of nitrogens with zero attached hydrogens (tertiary/aromatic N) is 1. The number of rotatable bonds is 11. The molecule has 0 fully saturated rings. The third kappa shape index (κ3) is 7.63. The maximum absolute atomic E-state index is 13.8. The third-order valence-electron chi connectivity index (χ3n) is 6.82. The molecule has 0 unspecified atom stereocenters. The molecule has 3 aromatic rings. The minimum absolute atomic E-state index is 0.0588. The lowest BCUT2D eigenvalue weighted by molar-refractivity contribution is -0.161. The highest BCUT2D eigenvalue weighted by Gasteiger charge is 2.36. The van der Waals surface area contributed by atoms with Gasteiger partial charge in [-0.25, -0.2) is 9.59 Å². The Morgan fingerprint density at radius 2 is 1.46 bits per heavy atom. The number of carbonyl (C=O) groups excluding carboxylic acids is 3. The Morgan fingerprint density at radius 1 is 0.878 bits per heavy atom. The fraction of sp³-hybridized carbons (Fsp3) is 0.324. The second-order valence-electron chi connectivity index (χ2n) is 11.0. The summed E-state index contributed by atoms with van der Waals surface area (Å²) in [4.78, 5) is 41.0. The van der Waals surface area contributed by atoms with Crippen molar-refractivity contribution in [2.24, 2.45) is 0 Å². The molecule has 7 heteroatoms. The van der Waals surface area contributed by atoms with E-state index >= 15 is 0 Å². The minimum atomic E-state index is -1.01. The Labute approximate surface area is 241 Å². The fourth-order valence-electron chi connectivity index (χ4n) is 5.01. The molecule has 0 saturated carbocycles. The first-order valence-electron chi connectivity index (χ1n) is 13.8. The molecular weight excluding hydrogens is 518 g/mol. The second-order valence-corrected chi connectivity index (χ2v) is 11.0. The lowest BCUT2D eigenvalue weighted by Crippen LogP contribution is -2.50. The number of benzene rings is 3. The topological polar surface area (TPSA) is 82.1 Å². The number of ether oxygens (including phenoxy) is 3. The van der Waals surface area contributed by atoms with Crippen molar-refractivity contribution in [3.05, 3.63) is 108 Å². The molecule has 0 N–H and O–H groups in total. The summed E-state index contributed by atoms with van der Waals surface area (Å²) in [7, 11) is 0. The van der Waals surface area contributed by atoms with Crippen molar-refractivity contribution in [3.8, 4) is 11.1 Å². The molecule has 214 valence electrons.